The van der Waals surface area contributed by atoms with Gasteiger partial charge in [0.05, 0.1) is 5.41 Å². The molecule has 0 heterocycles. The number of carbonyl (C=O) groups excluding carboxylic acids is 3. The van der Waals surface area contributed by atoms with E-state index in [1.807, 2.05) is 0 Å². The van der Waals surface area contributed by atoms with E-state index >= 15 is 0 Å². The molecule has 8 heteroatoms. The third kappa shape index (κ3) is 3.93. The standard InChI is InChI=1S/C17H27NO7/c1-8-16(10-19)9-17(16,11(20)21)18(12(22)24-14(2,3)4)13(23)25-15(5,6)7/h10H,8-9H2,1-7H3,(H,20,21)/t16-,17-/m0/s1. The van der Waals surface area contributed by atoms with Gasteiger partial charge in [-0.15, -0.1) is 0 Å². The van der Waals surface area contributed by atoms with E-state index in [4.69, 9.17) is 9.47 Å². The molecule has 1 N–H and O–H groups in total. The number of imide groups is 1. The summed E-state index contributed by atoms with van der Waals surface area (Å²) in [4.78, 5) is 49.2. The number of nitrogens with zero attached hydrogens (tertiary/aromatic N) is 1. The third-order valence-corrected chi connectivity index (χ3v) is 4.01. The van der Waals surface area contributed by atoms with Gasteiger partial charge in [-0.1, -0.05) is 6.92 Å². The first-order valence-electron chi connectivity index (χ1n) is 8.12. The highest BCUT2D eigenvalue weighted by Crippen LogP contribution is 2.61. The highest BCUT2D eigenvalue weighted by Gasteiger charge is 2.78. The number of carboxylic acid groups (broad SMARTS) is 1. The lowest BCUT2D eigenvalue weighted by Crippen LogP contribution is -2.56. The second-order valence-electron chi connectivity index (χ2n) is 8.27. The van der Waals surface area contributed by atoms with Gasteiger partial charge >= 0.3 is 18.2 Å². The third-order valence-electron chi connectivity index (χ3n) is 4.01. The van der Waals surface area contributed by atoms with Crippen molar-refractivity contribution in [1.29, 1.82) is 0 Å². The van der Waals surface area contributed by atoms with Gasteiger partial charge in [0, 0.05) is 0 Å². The highest BCUT2D eigenvalue weighted by atomic mass is 16.6. The number of carbonyl (C=O) groups is 4. The molecule has 0 unspecified atom stereocenters. The molecule has 0 spiro atoms. The molecule has 0 saturated heterocycles. The maximum absolute atomic E-state index is 12.6. The summed E-state index contributed by atoms with van der Waals surface area (Å²) in [7, 11) is 0. The quantitative estimate of drug-likeness (QED) is 0.770. The Morgan fingerprint density at radius 1 is 1.04 bits per heavy atom. The lowest BCUT2D eigenvalue weighted by atomic mass is 9.97. The Kier molecular flexibility index (Phi) is 5.28. The molecule has 1 aliphatic rings. The van der Waals surface area contributed by atoms with Crippen LogP contribution in [-0.2, 0) is 19.1 Å². The summed E-state index contributed by atoms with van der Waals surface area (Å²) in [5, 5.41) is 9.75. The Bertz CT molecular complexity index is 559. The fourth-order valence-corrected chi connectivity index (χ4v) is 2.74. The van der Waals surface area contributed by atoms with Gasteiger partial charge in [-0.2, -0.15) is 4.90 Å². The van der Waals surface area contributed by atoms with Crippen molar-refractivity contribution in [2.75, 3.05) is 0 Å². The van der Waals surface area contributed by atoms with Gasteiger partial charge in [-0.25, -0.2) is 14.4 Å². The fourth-order valence-electron chi connectivity index (χ4n) is 2.74. The second kappa shape index (κ2) is 6.31. The molecule has 1 aliphatic carbocycles. The first-order valence-corrected chi connectivity index (χ1v) is 8.12. The van der Waals surface area contributed by atoms with Crippen LogP contribution in [0.25, 0.3) is 0 Å². The van der Waals surface area contributed by atoms with Crippen LogP contribution in [-0.4, -0.2) is 51.2 Å². The van der Waals surface area contributed by atoms with Crippen LogP contribution in [0.3, 0.4) is 0 Å². The molecule has 1 saturated carbocycles. The van der Waals surface area contributed by atoms with Crippen molar-refractivity contribution in [2.24, 2.45) is 5.41 Å². The minimum Gasteiger partial charge on any atom is -0.479 e. The molecular weight excluding hydrogens is 330 g/mol. The maximum Gasteiger partial charge on any atom is 0.420 e. The monoisotopic (exact) mass is 357 g/mol. The number of amides is 2. The first-order chi connectivity index (χ1) is 11.2. The van der Waals surface area contributed by atoms with Gasteiger partial charge in [0.2, 0.25) is 0 Å². The van der Waals surface area contributed by atoms with Gasteiger partial charge in [-0.3, -0.25) is 0 Å². The summed E-state index contributed by atoms with van der Waals surface area (Å²) in [6.07, 6.45) is -1.83. The average Bonchev–Trinajstić information content (AvgIpc) is 3.05. The van der Waals surface area contributed by atoms with E-state index in [9.17, 15) is 24.3 Å². The molecule has 0 bridgehead atoms. The molecule has 0 aliphatic heterocycles. The Labute approximate surface area is 147 Å². The molecule has 142 valence electrons. The molecule has 2 atom stereocenters. The molecule has 0 radical (unpaired) electrons. The minimum atomic E-state index is -2.01. The van der Waals surface area contributed by atoms with Crippen LogP contribution in [0.4, 0.5) is 9.59 Å². The number of aldehydes is 1. The number of aliphatic carboxylic acids is 1. The lowest BCUT2D eigenvalue weighted by Gasteiger charge is -2.33. The molecule has 8 nitrogen and oxygen atoms in total. The van der Waals surface area contributed by atoms with Crippen molar-refractivity contribution in [2.45, 2.75) is 78.0 Å². The summed E-state index contributed by atoms with van der Waals surface area (Å²) < 4.78 is 10.4. The van der Waals surface area contributed by atoms with E-state index < -0.39 is 40.3 Å². The van der Waals surface area contributed by atoms with Crippen LogP contribution in [0.1, 0.15) is 61.3 Å². The number of hydrogen-bond donors (Lipinski definition) is 1. The SMILES string of the molecule is CC[C@@]1(C=O)C[C@@]1(C(=O)O)N(C(=O)OC(C)(C)C)C(=O)OC(C)(C)C. The predicted molar refractivity (Wildman–Crippen MR) is 88.1 cm³/mol. The first kappa shape index (κ1) is 20.9. The van der Waals surface area contributed by atoms with Gasteiger partial charge in [0.1, 0.15) is 17.5 Å². The van der Waals surface area contributed by atoms with Crippen molar-refractivity contribution in [3.05, 3.63) is 0 Å². The summed E-state index contributed by atoms with van der Waals surface area (Å²) in [6, 6.07) is 0. The van der Waals surface area contributed by atoms with Crippen LogP contribution in [0, 0.1) is 5.41 Å². The van der Waals surface area contributed by atoms with Crippen LogP contribution in [0.15, 0.2) is 0 Å². The summed E-state index contributed by atoms with van der Waals surface area (Å²) in [6.45, 7) is 11.2. The van der Waals surface area contributed by atoms with E-state index in [1.54, 1.807) is 48.5 Å². The molecule has 0 aromatic heterocycles. The highest BCUT2D eigenvalue weighted by molar-refractivity contribution is 6.02. The number of rotatable bonds is 4. The Morgan fingerprint density at radius 3 is 1.64 bits per heavy atom. The van der Waals surface area contributed by atoms with E-state index in [2.05, 4.69) is 0 Å². The van der Waals surface area contributed by atoms with Crippen LogP contribution in [0.5, 0.6) is 0 Å². The van der Waals surface area contributed by atoms with Gasteiger partial charge in [0.15, 0.2) is 5.54 Å². The Hall–Kier alpha value is -2.12. The second-order valence-corrected chi connectivity index (χ2v) is 8.27. The summed E-state index contributed by atoms with van der Waals surface area (Å²) in [5.74, 6) is -1.45. The smallest absolute Gasteiger partial charge is 0.420 e. The Balaban J connectivity index is 3.40. The van der Waals surface area contributed by atoms with Crippen molar-refractivity contribution in [1.82, 2.24) is 4.90 Å². The maximum atomic E-state index is 12.6. The summed E-state index contributed by atoms with van der Waals surface area (Å²) in [5.41, 5.74) is -5.27. The van der Waals surface area contributed by atoms with Gasteiger partial charge in [-0.05, 0) is 54.4 Å². The Morgan fingerprint density at radius 2 is 1.44 bits per heavy atom. The molecule has 1 rings (SSSR count). The van der Waals surface area contributed by atoms with Crippen molar-refractivity contribution >= 4 is 24.4 Å². The zero-order valence-corrected chi connectivity index (χ0v) is 15.8. The van der Waals surface area contributed by atoms with Crippen molar-refractivity contribution < 1.29 is 33.8 Å². The number of ether oxygens (including phenoxy) is 2. The van der Waals surface area contributed by atoms with Crippen LogP contribution >= 0.6 is 0 Å². The molecule has 1 fully saturated rings. The van der Waals surface area contributed by atoms with Crippen LogP contribution < -0.4 is 0 Å². The molecule has 0 aromatic rings. The van der Waals surface area contributed by atoms with Crippen molar-refractivity contribution in [3.63, 3.8) is 0 Å². The number of carboxylic acids is 1. The minimum absolute atomic E-state index is 0.158. The molecule has 2 amide bonds. The van der Waals surface area contributed by atoms with Gasteiger partial charge < -0.3 is 19.4 Å². The average molecular weight is 357 g/mol. The largest absolute Gasteiger partial charge is 0.479 e. The predicted octanol–water partition coefficient (Wildman–Crippen LogP) is 2.98. The van der Waals surface area contributed by atoms with Crippen molar-refractivity contribution in [3.8, 4) is 0 Å². The fraction of sp³-hybridized carbons (Fsp3) is 0.765. The molecule has 0 aromatic carbocycles. The molecular formula is C17H27NO7. The van der Waals surface area contributed by atoms with E-state index in [1.165, 1.54) is 0 Å². The zero-order chi connectivity index (χ0) is 19.8. The lowest BCUT2D eigenvalue weighted by molar-refractivity contribution is -0.147. The number of hydrogen-bond acceptors (Lipinski definition) is 6. The van der Waals surface area contributed by atoms with E-state index in [0.717, 1.165) is 0 Å². The topological polar surface area (TPSA) is 110 Å². The van der Waals surface area contributed by atoms with Crippen LogP contribution in [0.2, 0.25) is 0 Å². The van der Waals surface area contributed by atoms with Gasteiger partial charge in [0.25, 0.3) is 0 Å². The molecule has 25 heavy (non-hydrogen) atoms. The zero-order valence-electron chi connectivity index (χ0n) is 15.8. The van der Waals surface area contributed by atoms with E-state index in [0.29, 0.717) is 11.2 Å². The van der Waals surface area contributed by atoms with E-state index in [-0.39, 0.29) is 12.8 Å². The summed E-state index contributed by atoms with van der Waals surface area (Å²) >= 11 is 0. The normalized spacial score (nSPS) is 25.7.